The number of esters is 1. The van der Waals surface area contributed by atoms with Gasteiger partial charge in [0.1, 0.15) is 29.4 Å². The Morgan fingerprint density at radius 3 is 2.41 bits per heavy atom. The van der Waals surface area contributed by atoms with Crippen molar-refractivity contribution >= 4 is 17.8 Å². The Balaban J connectivity index is 2.57. The Hall–Kier alpha value is -2.65. The second-order valence-corrected chi connectivity index (χ2v) is 6.84. The maximum atomic E-state index is 13.4. The van der Waals surface area contributed by atoms with Crippen molar-refractivity contribution in [1.29, 1.82) is 0 Å². The highest BCUT2D eigenvalue weighted by molar-refractivity contribution is 5.97. The lowest BCUT2D eigenvalue weighted by Gasteiger charge is -2.24. The van der Waals surface area contributed by atoms with Crippen molar-refractivity contribution in [3.8, 4) is 5.75 Å². The first-order valence-electron chi connectivity index (χ1n) is 8.77. The molecule has 2 unspecified atom stereocenters. The third-order valence-corrected chi connectivity index (χ3v) is 4.47. The minimum Gasteiger partial charge on any atom is -0.507 e. The summed E-state index contributed by atoms with van der Waals surface area (Å²) < 4.78 is 45.1. The Morgan fingerprint density at radius 1 is 1.14 bits per heavy atom. The molecule has 0 fully saturated rings. The van der Waals surface area contributed by atoms with Crippen molar-refractivity contribution in [3.63, 3.8) is 0 Å². The number of phenols is 1. The Morgan fingerprint density at radius 2 is 1.79 bits per heavy atom. The number of hydrogen-bond acceptors (Lipinski definition) is 6. The number of cyclic esters (lactones) is 1. The topological polar surface area (TPSA) is 104 Å². The number of ether oxygens (including phenoxy) is 1. The summed E-state index contributed by atoms with van der Waals surface area (Å²) in [6, 6.07) is 2.76. The number of benzene rings is 1. The van der Waals surface area contributed by atoms with Gasteiger partial charge < -0.3 is 20.1 Å². The number of rotatable bonds is 0. The first-order valence-corrected chi connectivity index (χ1v) is 8.77. The number of ketones is 1. The van der Waals surface area contributed by atoms with E-state index in [4.69, 9.17) is 4.74 Å². The van der Waals surface area contributed by atoms with Gasteiger partial charge in [0, 0.05) is 0 Å². The van der Waals surface area contributed by atoms with Gasteiger partial charge in [0.15, 0.2) is 5.78 Å². The zero-order valence-electron chi connectivity index (χ0n) is 15.7. The predicted octanol–water partition coefficient (Wildman–Crippen LogP) is 2.69. The number of aryl methyl sites for hydroxylation is 1. The monoisotopic (exact) mass is 414 g/mol. The minimum atomic E-state index is -4.85. The molecular weight excluding hydrogens is 393 g/mol. The van der Waals surface area contributed by atoms with E-state index in [1.165, 1.54) is 24.3 Å². The molecule has 1 aromatic carbocycles. The average Bonchev–Trinajstić information content (AvgIpc) is 2.58. The number of fused-ring (bicyclic) bond motifs is 1. The molecule has 0 aromatic heterocycles. The second kappa shape index (κ2) is 8.79. The van der Waals surface area contributed by atoms with E-state index in [0.717, 1.165) is 6.92 Å². The summed E-state index contributed by atoms with van der Waals surface area (Å²) in [7, 11) is 0. The molecule has 0 radical (unpaired) electrons. The van der Waals surface area contributed by atoms with E-state index < -0.39 is 47.9 Å². The van der Waals surface area contributed by atoms with E-state index in [2.05, 4.69) is 0 Å². The smallest absolute Gasteiger partial charge is 0.398 e. The van der Waals surface area contributed by atoms with E-state index in [1.807, 2.05) is 0 Å². The van der Waals surface area contributed by atoms with Gasteiger partial charge in [-0.1, -0.05) is 24.3 Å². The Bertz CT molecular complexity index is 843. The fourth-order valence-corrected chi connectivity index (χ4v) is 2.93. The van der Waals surface area contributed by atoms with E-state index in [0.29, 0.717) is 17.7 Å². The predicted molar refractivity (Wildman–Crippen MR) is 97.1 cm³/mol. The van der Waals surface area contributed by atoms with Crippen molar-refractivity contribution in [1.82, 2.24) is 0 Å². The quantitative estimate of drug-likeness (QED) is 0.564. The third-order valence-electron chi connectivity index (χ3n) is 4.47. The van der Waals surface area contributed by atoms with Gasteiger partial charge in [-0.25, -0.2) is 4.79 Å². The molecule has 1 aromatic rings. The number of aliphatic hydroxyl groups excluding tert-OH is 2. The van der Waals surface area contributed by atoms with Gasteiger partial charge in [0.25, 0.3) is 0 Å². The van der Waals surface area contributed by atoms with Crippen LogP contribution in [0, 0.1) is 12.8 Å². The number of phenolic OH excluding ortho intramolecular Hbond substituents is 1. The normalized spacial score (nSPS) is 28.8. The zero-order valence-corrected chi connectivity index (χ0v) is 15.7. The summed E-state index contributed by atoms with van der Waals surface area (Å²) >= 11 is 0. The number of halogens is 3. The largest absolute Gasteiger partial charge is 0.507 e. The standard InChI is InChI=1S/C20H21F3O6/c1-10-8-12-4-3-5-14(24)18(27)15(25)7-6-13(20(21,22)23)11(2)29-19(28)17(12)16(26)9-10/h3-4,6-9,11,13-14,18,24,26-27H,5H2,1-2H3/b4-3+,7-6-/t11?,13?,14-,18-/m0/s1. The summed E-state index contributed by atoms with van der Waals surface area (Å²) in [6.45, 7) is 2.64. The highest BCUT2D eigenvalue weighted by Crippen LogP contribution is 2.33. The van der Waals surface area contributed by atoms with Gasteiger partial charge in [-0.15, -0.1) is 0 Å². The van der Waals surface area contributed by atoms with Crippen molar-refractivity contribution in [3.05, 3.63) is 47.1 Å². The molecule has 0 bridgehead atoms. The molecule has 158 valence electrons. The number of carbonyl (C=O) groups is 2. The molecule has 0 amide bonds. The van der Waals surface area contributed by atoms with Crippen LogP contribution < -0.4 is 0 Å². The average molecular weight is 414 g/mol. The lowest BCUT2D eigenvalue weighted by molar-refractivity contribution is -0.182. The van der Waals surface area contributed by atoms with Crippen LogP contribution in [-0.4, -0.2) is 51.6 Å². The zero-order chi connectivity index (χ0) is 21.9. The fraction of sp³-hybridized carbons (Fsp3) is 0.400. The van der Waals surface area contributed by atoms with Crippen LogP contribution in [0.15, 0.2) is 30.4 Å². The van der Waals surface area contributed by atoms with E-state index in [-0.39, 0.29) is 17.5 Å². The van der Waals surface area contributed by atoms with Crippen molar-refractivity contribution in [2.75, 3.05) is 0 Å². The van der Waals surface area contributed by atoms with Crippen molar-refractivity contribution in [2.45, 2.75) is 44.8 Å². The molecule has 29 heavy (non-hydrogen) atoms. The lowest BCUT2D eigenvalue weighted by Crippen LogP contribution is -2.36. The summed E-state index contributed by atoms with van der Waals surface area (Å²) in [5.41, 5.74) is 0.399. The fourth-order valence-electron chi connectivity index (χ4n) is 2.93. The molecule has 1 heterocycles. The van der Waals surface area contributed by atoms with Crippen LogP contribution in [0.3, 0.4) is 0 Å². The number of aliphatic hydroxyl groups is 2. The van der Waals surface area contributed by atoms with Gasteiger partial charge in [0.05, 0.1) is 6.10 Å². The van der Waals surface area contributed by atoms with Gasteiger partial charge >= 0.3 is 12.1 Å². The maximum absolute atomic E-state index is 13.4. The molecule has 0 saturated heterocycles. The Labute approximate surface area is 164 Å². The molecule has 4 atom stereocenters. The molecule has 9 heteroatoms. The Kier molecular flexibility index (Phi) is 6.86. The summed E-state index contributed by atoms with van der Waals surface area (Å²) in [4.78, 5) is 24.4. The van der Waals surface area contributed by atoms with E-state index in [9.17, 15) is 38.1 Å². The number of aromatic hydroxyl groups is 1. The van der Waals surface area contributed by atoms with Crippen molar-refractivity contribution in [2.24, 2.45) is 5.92 Å². The van der Waals surface area contributed by atoms with Crippen LogP contribution in [0.25, 0.3) is 6.08 Å². The molecule has 1 aliphatic heterocycles. The van der Waals surface area contributed by atoms with Gasteiger partial charge in [-0.05, 0) is 43.5 Å². The first-order chi connectivity index (χ1) is 13.4. The van der Waals surface area contributed by atoms with Gasteiger partial charge in [-0.3, -0.25) is 4.79 Å². The molecule has 0 spiro atoms. The molecule has 3 N–H and O–H groups in total. The molecular formula is C20H21F3O6. The molecule has 1 aliphatic rings. The molecule has 2 rings (SSSR count). The van der Waals surface area contributed by atoms with Crippen LogP contribution in [0.4, 0.5) is 13.2 Å². The number of carbonyl (C=O) groups excluding carboxylic acids is 2. The summed E-state index contributed by atoms with van der Waals surface area (Å²) in [5, 5.41) is 29.9. The highest BCUT2D eigenvalue weighted by Gasteiger charge is 2.43. The van der Waals surface area contributed by atoms with Crippen LogP contribution in [-0.2, 0) is 9.53 Å². The van der Waals surface area contributed by atoms with Crippen LogP contribution >= 0.6 is 0 Å². The summed E-state index contributed by atoms with van der Waals surface area (Å²) in [5.74, 6) is -5.08. The second-order valence-electron chi connectivity index (χ2n) is 6.84. The van der Waals surface area contributed by atoms with E-state index in [1.54, 1.807) is 6.92 Å². The maximum Gasteiger partial charge on any atom is 0.398 e. The van der Waals surface area contributed by atoms with Crippen molar-refractivity contribution < 1.29 is 42.8 Å². The van der Waals surface area contributed by atoms with Crippen LogP contribution in [0.1, 0.15) is 34.8 Å². The lowest BCUT2D eigenvalue weighted by atomic mass is 9.97. The first kappa shape index (κ1) is 22.6. The third kappa shape index (κ3) is 5.45. The number of hydrogen-bond donors (Lipinski definition) is 3. The molecule has 6 nitrogen and oxygen atoms in total. The summed E-state index contributed by atoms with van der Waals surface area (Å²) in [6.07, 6.45) is -6.58. The number of alkyl halides is 3. The highest BCUT2D eigenvalue weighted by atomic mass is 19.4. The molecule has 0 aliphatic carbocycles. The minimum absolute atomic E-state index is 0.156. The van der Waals surface area contributed by atoms with Crippen LogP contribution in [0.2, 0.25) is 0 Å². The van der Waals surface area contributed by atoms with Gasteiger partial charge in [-0.2, -0.15) is 13.2 Å². The molecule has 0 saturated carbocycles. The van der Waals surface area contributed by atoms with E-state index >= 15 is 0 Å². The van der Waals surface area contributed by atoms with Crippen LogP contribution in [0.5, 0.6) is 5.75 Å². The SMILES string of the molecule is Cc1cc(O)c2c(c1)/C=C/C[C@H](O)[C@H](O)C(=O)/C=C\C(C(F)(F)F)C(C)OC2=O. The van der Waals surface area contributed by atoms with Gasteiger partial charge in [0.2, 0.25) is 0 Å².